The molecule has 2 saturated heterocycles. The van der Waals surface area contributed by atoms with Crippen molar-refractivity contribution in [3.8, 4) is 0 Å². The number of carboxylic acids is 1. The zero-order valence-corrected chi connectivity index (χ0v) is 13.2. The molecular weight excluding hydrogens is 284 g/mol. The van der Waals surface area contributed by atoms with Crippen LogP contribution in [0.4, 0.5) is 5.69 Å². The number of aromatic carboxylic acids is 1. The van der Waals surface area contributed by atoms with E-state index in [0.29, 0.717) is 17.6 Å². The van der Waals surface area contributed by atoms with Crippen LogP contribution in [0.3, 0.4) is 0 Å². The molecule has 0 spiro atoms. The third-order valence-electron chi connectivity index (χ3n) is 4.49. The maximum atomic E-state index is 11.7. The Balaban J connectivity index is 1.84. The van der Waals surface area contributed by atoms with E-state index in [2.05, 4.69) is 10.2 Å². The third kappa shape index (κ3) is 2.90. The molecule has 4 nitrogen and oxygen atoms in total. The van der Waals surface area contributed by atoms with Crippen LogP contribution in [0, 0.1) is 0 Å². The Kier molecular flexibility index (Phi) is 4.40. The molecule has 2 fully saturated rings. The minimum atomic E-state index is -0.838. The van der Waals surface area contributed by atoms with E-state index < -0.39 is 5.97 Å². The van der Waals surface area contributed by atoms with E-state index in [0.717, 1.165) is 29.3 Å². The number of fused-ring (bicyclic) bond motifs is 1. The quantitative estimate of drug-likeness (QED) is 0.819. The number of carboxylic acid groups (broad SMARTS) is 1. The second-order valence-electron chi connectivity index (χ2n) is 5.70. The second kappa shape index (κ2) is 6.28. The van der Waals surface area contributed by atoms with Crippen molar-refractivity contribution >= 4 is 23.4 Å². The lowest BCUT2D eigenvalue weighted by atomic mass is 10.1. The van der Waals surface area contributed by atoms with Gasteiger partial charge in [0.25, 0.3) is 0 Å². The largest absolute Gasteiger partial charge is 0.478 e. The minimum Gasteiger partial charge on any atom is -0.478 e. The third-order valence-corrected chi connectivity index (χ3v) is 5.43. The number of benzene rings is 1. The normalized spacial score (nSPS) is 25.0. The van der Waals surface area contributed by atoms with Gasteiger partial charge < -0.3 is 10.4 Å². The standard InChI is InChI=1S/C16H22N2O2S/c1-2-21-14-7-3-5-12(15(14)16(19)20)17-11-8-10-18-9-4-6-13(11)18/h3,5,7,11,13,17H,2,4,6,8-10H2,1H3,(H,19,20). The lowest BCUT2D eigenvalue weighted by molar-refractivity contribution is 0.0694. The fourth-order valence-corrected chi connectivity index (χ4v) is 4.43. The van der Waals surface area contributed by atoms with Crippen LogP contribution in [-0.2, 0) is 0 Å². The van der Waals surface area contributed by atoms with Crippen molar-refractivity contribution < 1.29 is 9.90 Å². The predicted molar refractivity (Wildman–Crippen MR) is 86.4 cm³/mol. The smallest absolute Gasteiger partial charge is 0.338 e. The monoisotopic (exact) mass is 306 g/mol. The lowest BCUT2D eigenvalue weighted by Gasteiger charge is -2.23. The van der Waals surface area contributed by atoms with Crippen LogP contribution in [0.15, 0.2) is 23.1 Å². The van der Waals surface area contributed by atoms with Crippen LogP contribution >= 0.6 is 11.8 Å². The summed E-state index contributed by atoms with van der Waals surface area (Å²) < 4.78 is 0. The van der Waals surface area contributed by atoms with Gasteiger partial charge in [0.1, 0.15) is 0 Å². The first-order valence-electron chi connectivity index (χ1n) is 7.70. The average Bonchev–Trinajstić information content (AvgIpc) is 3.04. The molecule has 0 bridgehead atoms. The van der Waals surface area contributed by atoms with Gasteiger partial charge in [-0.05, 0) is 43.7 Å². The number of anilines is 1. The molecule has 2 aliphatic rings. The number of rotatable bonds is 5. The molecule has 2 unspecified atom stereocenters. The van der Waals surface area contributed by atoms with E-state index in [1.807, 2.05) is 25.1 Å². The highest BCUT2D eigenvalue weighted by Crippen LogP contribution is 2.33. The number of carbonyl (C=O) groups is 1. The Hall–Kier alpha value is -1.20. The van der Waals surface area contributed by atoms with Crippen molar-refractivity contribution in [2.75, 3.05) is 24.2 Å². The van der Waals surface area contributed by atoms with Crippen LogP contribution in [-0.4, -0.2) is 46.9 Å². The van der Waals surface area contributed by atoms with Crippen LogP contribution in [0.25, 0.3) is 0 Å². The van der Waals surface area contributed by atoms with Crippen molar-refractivity contribution in [3.63, 3.8) is 0 Å². The summed E-state index contributed by atoms with van der Waals surface area (Å²) in [6.07, 6.45) is 3.60. The van der Waals surface area contributed by atoms with Crippen molar-refractivity contribution in [1.82, 2.24) is 4.90 Å². The lowest BCUT2D eigenvalue weighted by Crippen LogP contribution is -2.34. The number of nitrogens with one attached hydrogen (secondary N) is 1. The fourth-order valence-electron chi connectivity index (χ4n) is 3.60. The fraction of sp³-hybridized carbons (Fsp3) is 0.562. The van der Waals surface area contributed by atoms with Crippen LogP contribution in [0.1, 0.15) is 36.5 Å². The van der Waals surface area contributed by atoms with Gasteiger partial charge in [0.2, 0.25) is 0 Å². The van der Waals surface area contributed by atoms with Crippen molar-refractivity contribution in [1.29, 1.82) is 0 Å². The molecule has 0 aromatic heterocycles. The highest BCUT2D eigenvalue weighted by atomic mass is 32.2. The molecule has 5 heteroatoms. The molecule has 1 aromatic carbocycles. The maximum absolute atomic E-state index is 11.7. The van der Waals surface area contributed by atoms with E-state index >= 15 is 0 Å². The molecule has 0 saturated carbocycles. The number of nitrogens with zero attached hydrogens (tertiary/aromatic N) is 1. The SMILES string of the molecule is CCSc1cccc(NC2CCN3CCCC23)c1C(=O)O. The highest BCUT2D eigenvalue weighted by Gasteiger charge is 2.37. The first-order valence-corrected chi connectivity index (χ1v) is 8.69. The van der Waals surface area contributed by atoms with Gasteiger partial charge in [-0.1, -0.05) is 13.0 Å². The van der Waals surface area contributed by atoms with Gasteiger partial charge in [0.15, 0.2) is 0 Å². The van der Waals surface area contributed by atoms with Crippen molar-refractivity contribution in [3.05, 3.63) is 23.8 Å². The van der Waals surface area contributed by atoms with E-state index in [1.54, 1.807) is 11.8 Å². The van der Waals surface area contributed by atoms with Gasteiger partial charge in [-0.3, -0.25) is 4.90 Å². The maximum Gasteiger partial charge on any atom is 0.338 e. The van der Waals surface area contributed by atoms with Crippen LogP contribution in [0.5, 0.6) is 0 Å². The Morgan fingerprint density at radius 2 is 2.29 bits per heavy atom. The zero-order valence-electron chi connectivity index (χ0n) is 12.3. The Labute approximate surface area is 129 Å². The molecule has 0 aliphatic carbocycles. The second-order valence-corrected chi connectivity index (χ2v) is 7.01. The molecule has 3 rings (SSSR count). The molecule has 2 aliphatic heterocycles. The number of hydrogen-bond donors (Lipinski definition) is 2. The molecule has 2 N–H and O–H groups in total. The summed E-state index contributed by atoms with van der Waals surface area (Å²) in [7, 11) is 0. The summed E-state index contributed by atoms with van der Waals surface area (Å²) in [5.74, 6) is 0.0409. The highest BCUT2D eigenvalue weighted by molar-refractivity contribution is 7.99. The summed E-state index contributed by atoms with van der Waals surface area (Å²) in [6, 6.07) is 6.72. The van der Waals surface area contributed by atoms with E-state index in [1.165, 1.54) is 19.4 Å². The molecular formula is C16H22N2O2S. The van der Waals surface area contributed by atoms with Gasteiger partial charge in [-0.25, -0.2) is 4.79 Å². The average molecular weight is 306 g/mol. The van der Waals surface area contributed by atoms with E-state index in [4.69, 9.17) is 0 Å². The summed E-state index contributed by atoms with van der Waals surface area (Å²) in [4.78, 5) is 15.0. The molecule has 0 radical (unpaired) electrons. The number of thioether (sulfide) groups is 1. The van der Waals surface area contributed by atoms with Crippen LogP contribution < -0.4 is 5.32 Å². The molecule has 2 atom stereocenters. The summed E-state index contributed by atoms with van der Waals surface area (Å²) in [5.41, 5.74) is 1.21. The first-order chi connectivity index (χ1) is 10.2. The topological polar surface area (TPSA) is 52.6 Å². The molecule has 0 amide bonds. The van der Waals surface area contributed by atoms with Gasteiger partial charge in [-0.15, -0.1) is 11.8 Å². The Morgan fingerprint density at radius 1 is 1.43 bits per heavy atom. The summed E-state index contributed by atoms with van der Waals surface area (Å²) >= 11 is 1.59. The van der Waals surface area contributed by atoms with E-state index in [-0.39, 0.29) is 0 Å². The molecule has 1 aromatic rings. The van der Waals surface area contributed by atoms with Gasteiger partial charge in [-0.2, -0.15) is 0 Å². The van der Waals surface area contributed by atoms with Gasteiger partial charge in [0.05, 0.1) is 11.3 Å². The van der Waals surface area contributed by atoms with Gasteiger partial charge in [0, 0.05) is 23.5 Å². The van der Waals surface area contributed by atoms with Crippen molar-refractivity contribution in [2.45, 2.75) is 43.2 Å². The van der Waals surface area contributed by atoms with Gasteiger partial charge >= 0.3 is 5.97 Å². The Bertz CT molecular complexity index is 535. The Morgan fingerprint density at radius 3 is 3.05 bits per heavy atom. The molecule has 2 heterocycles. The zero-order chi connectivity index (χ0) is 14.8. The minimum absolute atomic E-state index is 0.382. The van der Waals surface area contributed by atoms with Crippen molar-refractivity contribution in [2.24, 2.45) is 0 Å². The summed E-state index contributed by atoms with van der Waals surface area (Å²) in [5, 5.41) is 13.1. The molecule has 21 heavy (non-hydrogen) atoms. The van der Waals surface area contributed by atoms with E-state index in [9.17, 15) is 9.90 Å². The summed E-state index contributed by atoms with van der Waals surface area (Å²) in [6.45, 7) is 4.37. The van der Waals surface area contributed by atoms with Crippen LogP contribution in [0.2, 0.25) is 0 Å². The predicted octanol–water partition coefficient (Wildman–Crippen LogP) is 3.15. The first kappa shape index (κ1) is 14.7. The molecule has 114 valence electrons. The number of hydrogen-bond acceptors (Lipinski definition) is 4.